The molecular weight excluding hydrogens is 272 g/mol. The predicted octanol–water partition coefficient (Wildman–Crippen LogP) is 5.03. The Morgan fingerprint density at radius 1 is 1.05 bits per heavy atom. The highest BCUT2D eigenvalue weighted by atomic mass is 16.5. The van der Waals surface area contributed by atoms with Gasteiger partial charge in [-0.15, -0.1) is 0 Å². The maximum absolute atomic E-state index is 5.50. The lowest BCUT2D eigenvalue weighted by molar-refractivity contribution is 0.340. The molecule has 0 aromatic heterocycles. The fraction of sp³-hybridized carbons (Fsp3) is 0.350. The van der Waals surface area contributed by atoms with Gasteiger partial charge in [0, 0.05) is 0 Å². The first-order chi connectivity index (χ1) is 10.8. The van der Waals surface area contributed by atoms with E-state index in [2.05, 4.69) is 31.2 Å². The van der Waals surface area contributed by atoms with Crippen molar-refractivity contribution in [2.45, 2.75) is 32.1 Å². The van der Waals surface area contributed by atoms with Gasteiger partial charge < -0.3 is 9.47 Å². The van der Waals surface area contributed by atoms with Crippen molar-refractivity contribution in [3.63, 3.8) is 0 Å². The SMILES string of the molecule is [CH2]CC(CCc1cccc(OC)c1)c1ccc(OCC)cc1. The smallest absolute Gasteiger partial charge is 0.119 e. The van der Waals surface area contributed by atoms with Crippen molar-refractivity contribution in [2.24, 2.45) is 0 Å². The average Bonchev–Trinajstić information content (AvgIpc) is 2.57. The van der Waals surface area contributed by atoms with Gasteiger partial charge in [0.2, 0.25) is 0 Å². The number of ether oxygens (including phenoxy) is 2. The molecule has 0 bridgehead atoms. The second-order valence-electron chi connectivity index (χ2n) is 5.38. The molecule has 0 spiro atoms. The molecule has 0 N–H and O–H groups in total. The van der Waals surface area contributed by atoms with Crippen LogP contribution in [0.25, 0.3) is 0 Å². The number of methoxy groups -OCH3 is 1. The van der Waals surface area contributed by atoms with Crippen LogP contribution in [-0.2, 0) is 6.42 Å². The van der Waals surface area contributed by atoms with E-state index in [1.165, 1.54) is 11.1 Å². The molecule has 0 aliphatic heterocycles. The Kier molecular flexibility index (Phi) is 6.32. The van der Waals surface area contributed by atoms with Gasteiger partial charge in [-0.2, -0.15) is 0 Å². The Labute approximate surface area is 134 Å². The summed E-state index contributed by atoms with van der Waals surface area (Å²) in [5.41, 5.74) is 2.64. The zero-order valence-corrected chi connectivity index (χ0v) is 13.5. The zero-order chi connectivity index (χ0) is 15.8. The van der Waals surface area contributed by atoms with Crippen LogP contribution in [0, 0.1) is 6.92 Å². The zero-order valence-electron chi connectivity index (χ0n) is 13.5. The summed E-state index contributed by atoms with van der Waals surface area (Å²) in [6, 6.07) is 16.7. The van der Waals surface area contributed by atoms with Crippen LogP contribution >= 0.6 is 0 Å². The van der Waals surface area contributed by atoms with E-state index >= 15 is 0 Å². The third-order valence-corrected chi connectivity index (χ3v) is 3.93. The summed E-state index contributed by atoms with van der Waals surface area (Å²) in [5.74, 6) is 2.33. The minimum Gasteiger partial charge on any atom is -0.497 e. The molecule has 0 amide bonds. The van der Waals surface area contributed by atoms with E-state index in [1.807, 2.05) is 31.2 Å². The second-order valence-corrected chi connectivity index (χ2v) is 5.38. The second kappa shape index (κ2) is 8.47. The van der Waals surface area contributed by atoms with Crippen LogP contribution in [0.2, 0.25) is 0 Å². The minimum absolute atomic E-state index is 0.474. The van der Waals surface area contributed by atoms with Gasteiger partial charge in [-0.1, -0.05) is 31.2 Å². The first kappa shape index (κ1) is 16.4. The number of hydrogen-bond acceptors (Lipinski definition) is 2. The average molecular weight is 297 g/mol. The summed E-state index contributed by atoms with van der Waals surface area (Å²) in [4.78, 5) is 0. The van der Waals surface area contributed by atoms with E-state index in [0.29, 0.717) is 12.5 Å². The number of benzene rings is 2. The van der Waals surface area contributed by atoms with Crippen LogP contribution in [0.4, 0.5) is 0 Å². The molecule has 2 aromatic carbocycles. The summed E-state index contributed by atoms with van der Waals surface area (Å²) in [6.45, 7) is 6.81. The highest BCUT2D eigenvalue weighted by Gasteiger charge is 2.10. The monoisotopic (exact) mass is 297 g/mol. The van der Waals surface area contributed by atoms with Gasteiger partial charge in [-0.05, 0) is 67.5 Å². The summed E-state index contributed by atoms with van der Waals surface area (Å²) >= 11 is 0. The van der Waals surface area contributed by atoms with Crippen molar-refractivity contribution < 1.29 is 9.47 Å². The molecule has 2 nitrogen and oxygen atoms in total. The highest BCUT2D eigenvalue weighted by Crippen LogP contribution is 2.27. The van der Waals surface area contributed by atoms with E-state index in [1.54, 1.807) is 7.11 Å². The molecule has 0 fully saturated rings. The maximum atomic E-state index is 5.50. The molecular formula is C20H25O2. The molecule has 2 aromatic rings. The first-order valence-corrected chi connectivity index (χ1v) is 7.91. The van der Waals surface area contributed by atoms with Crippen LogP contribution in [0.3, 0.4) is 0 Å². The molecule has 2 rings (SSSR count). The van der Waals surface area contributed by atoms with E-state index in [9.17, 15) is 0 Å². The molecule has 0 saturated carbocycles. The van der Waals surface area contributed by atoms with E-state index in [4.69, 9.17) is 9.47 Å². The van der Waals surface area contributed by atoms with Crippen molar-refractivity contribution >= 4 is 0 Å². The highest BCUT2D eigenvalue weighted by molar-refractivity contribution is 5.31. The number of rotatable bonds is 8. The summed E-state index contributed by atoms with van der Waals surface area (Å²) in [5, 5.41) is 0. The largest absolute Gasteiger partial charge is 0.497 e. The van der Waals surface area contributed by atoms with E-state index < -0.39 is 0 Å². The first-order valence-electron chi connectivity index (χ1n) is 7.91. The molecule has 1 unspecified atom stereocenters. The Balaban J connectivity index is 1.99. The lowest BCUT2D eigenvalue weighted by atomic mass is 9.90. The molecule has 1 atom stereocenters. The van der Waals surface area contributed by atoms with Crippen LogP contribution in [0.5, 0.6) is 11.5 Å². The van der Waals surface area contributed by atoms with Crippen LogP contribution in [0.15, 0.2) is 48.5 Å². The van der Waals surface area contributed by atoms with Crippen LogP contribution < -0.4 is 9.47 Å². The topological polar surface area (TPSA) is 18.5 Å². The van der Waals surface area contributed by atoms with Crippen molar-refractivity contribution in [3.05, 3.63) is 66.6 Å². The quantitative estimate of drug-likeness (QED) is 0.680. The van der Waals surface area contributed by atoms with Crippen molar-refractivity contribution in [3.8, 4) is 11.5 Å². The Morgan fingerprint density at radius 3 is 2.45 bits per heavy atom. The fourth-order valence-corrected chi connectivity index (χ4v) is 2.65. The van der Waals surface area contributed by atoms with Gasteiger partial charge in [0.25, 0.3) is 0 Å². The summed E-state index contributed by atoms with van der Waals surface area (Å²) in [7, 11) is 1.71. The Bertz CT molecular complexity index is 560. The molecule has 117 valence electrons. The molecule has 2 heteroatoms. The van der Waals surface area contributed by atoms with Gasteiger partial charge in [-0.3, -0.25) is 0 Å². The molecule has 0 aliphatic carbocycles. The third kappa shape index (κ3) is 4.52. The molecule has 0 aliphatic rings. The van der Waals surface area contributed by atoms with Gasteiger partial charge in [0.05, 0.1) is 13.7 Å². The fourth-order valence-electron chi connectivity index (χ4n) is 2.65. The molecule has 0 heterocycles. The standard InChI is InChI=1S/C20H25O2/c1-4-17(18-11-13-19(14-12-18)22-5-2)10-9-16-7-6-8-20(15-16)21-3/h6-8,11-15,17H,1,4-5,9-10H2,2-3H3. The van der Waals surface area contributed by atoms with Gasteiger partial charge in [0.1, 0.15) is 11.5 Å². The third-order valence-electron chi connectivity index (χ3n) is 3.93. The van der Waals surface area contributed by atoms with Crippen molar-refractivity contribution in [2.75, 3.05) is 13.7 Å². The maximum Gasteiger partial charge on any atom is 0.119 e. The van der Waals surface area contributed by atoms with Gasteiger partial charge >= 0.3 is 0 Å². The van der Waals surface area contributed by atoms with Crippen LogP contribution in [-0.4, -0.2) is 13.7 Å². The normalized spacial score (nSPS) is 12.0. The minimum atomic E-state index is 0.474. The molecule has 22 heavy (non-hydrogen) atoms. The lowest BCUT2D eigenvalue weighted by Gasteiger charge is -2.16. The number of hydrogen-bond donors (Lipinski definition) is 0. The van der Waals surface area contributed by atoms with Gasteiger partial charge in [-0.25, -0.2) is 0 Å². The van der Waals surface area contributed by atoms with Crippen molar-refractivity contribution in [1.82, 2.24) is 0 Å². The number of aryl methyl sites for hydroxylation is 1. The molecule has 0 saturated heterocycles. The predicted molar refractivity (Wildman–Crippen MR) is 91.6 cm³/mol. The van der Waals surface area contributed by atoms with Crippen LogP contribution in [0.1, 0.15) is 36.8 Å². The Hall–Kier alpha value is -1.96. The van der Waals surface area contributed by atoms with E-state index in [0.717, 1.165) is 30.8 Å². The Morgan fingerprint density at radius 2 is 1.82 bits per heavy atom. The summed E-state index contributed by atoms with van der Waals surface area (Å²) in [6.07, 6.45) is 3.02. The lowest BCUT2D eigenvalue weighted by Crippen LogP contribution is -2.00. The summed E-state index contributed by atoms with van der Waals surface area (Å²) < 4.78 is 10.8. The van der Waals surface area contributed by atoms with Crippen molar-refractivity contribution in [1.29, 1.82) is 0 Å². The van der Waals surface area contributed by atoms with E-state index in [-0.39, 0.29) is 0 Å². The molecule has 1 radical (unpaired) electrons. The van der Waals surface area contributed by atoms with Gasteiger partial charge in [0.15, 0.2) is 0 Å².